The van der Waals surface area contributed by atoms with Crippen molar-refractivity contribution in [3.05, 3.63) is 54.2 Å². The minimum absolute atomic E-state index is 0.0487. The molecule has 1 N–H and O–H groups in total. The number of amides is 1. The van der Waals surface area contributed by atoms with Gasteiger partial charge in [-0.05, 0) is 43.2 Å². The van der Waals surface area contributed by atoms with E-state index in [9.17, 15) is 21.6 Å². The molecule has 1 aromatic carbocycles. The number of piperidine rings is 1. The highest BCUT2D eigenvalue weighted by Gasteiger charge is 2.32. The fourth-order valence-corrected chi connectivity index (χ4v) is 6.55. The van der Waals surface area contributed by atoms with Gasteiger partial charge in [0.2, 0.25) is 15.9 Å². The summed E-state index contributed by atoms with van der Waals surface area (Å²) >= 11 is 1.32. The molecule has 33 heavy (non-hydrogen) atoms. The molecule has 0 spiro atoms. The number of hydrogen-bond donors (Lipinski definition) is 1. The third kappa shape index (κ3) is 5.29. The van der Waals surface area contributed by atoms with Gasteiger partial charge in [-0.2, -0.15) is 4.31 Å². The summed E-state index contributed by atoms with van der Waals surface area (Å²) in [5.74, 6) is -0.533. The van der Waals surface area contributed by atoms with Crippen LogP contribution in [0.2, 0.25) is 0 Å². The topological polar surface area (TPSA) is 126 Å². The van der Waals surface area contributed by atoms with Gasteiger partial charge < -0.3 is 5.32 Å². The number of sulfonamides is 1. The van der Waals surface area contributed by atoms with Crippen molar-refractivity contribution in [2.75, 3.05) is 24.7 Å². The molecule has 0 bridgehead atoms. The lowest BCUT2D eigenvalue weighted by atomic mass is 9.97. The number of benzene rings is 1. The Bertz CT molecular complexity index is 1360. The van der Waals surface area contributed by atoms with Crippen molar-refractivity contribution < 1.29 is 21.6 Å². The molecule has 1 aliphatic rings. The molecule has 9 nitrogen and oxygen atoms in total. The zero-order chi connectivity index (χ0) is 23.6. The summed E-state index contributed by atoms with van der Waals surface area (Å²) in [6.07, 6.45) is 5.10. The molecule has 0 radical (unpaired) electrons. The van der Waals surface area contributed by atoms with E-state index in [4.69, 9.17) is 0 Å². The number of aromatic nitrogens is 2. The van der Waals surface area contributed by atoms with Gasteiger partial charge >= 0.3 is 0 Å². The molecular formula is C21H22N4O5S3. The van der Waals surface area contributed by atoms with Gasteiger partial charge in [-0.1, -0.05) is 6.07 Å². The molecule has 0 saturated carbocycles. The highest BCUT2D eigenvalue weighted by Crippen LogP contribution is 2.28. The Morgan fingerprint density at radius 3 is 2.39 bits per heavy atom. The Labute approximate surface area is 196 Å². The third-order valence-electron chi connectivity index (χ3n) is 5.41. The summed E-state index contributed by atoms with van der Waals surface area (Å²) in [5.41, 5.74) is 1.65. The molecule has 3 heterocycles. The van der Waals surface area contributed by atoms with Crippen LogP contribution in [-0.2, 0) is 24.7 Å². The number of carbonyl (C=O) groups is 1. The van der Waals surface area contributed by atoms with Crippen molar-refractivity contribution in [1.82, 2.24) is 14.3 Å². The maximum absolute atomic E-state index is 13.0. The first-order chi connectivity index (χ1) is 15.6. The maximum atomic E-state index is 13.0. The van der Waals surface area contributed by atoms with E-state index in [0.29, 0.717) is 18.0 Å². The number of anilines is 1. The van der Waals surface area contributed by atoms with E-state index in [1.54, 1.807) is 12.4 Å². The monoisotopic (exact) mass is 506 g/mol. The summed E-state index contributed by atoms with van der Waals surface area (Å²) in [4.78, 5) is 21.0. The molecule has 12 heteroatoms. The van der Waals surface area contributed by atoms with Gasteiger partial charge in [0.25, 0.3) is 0 Å². The van der Waals surface area contributed by atoms with E-state index in [0.717, 1.165) is 17.5 Å². The molecule has 1 amide bonds. The van der Waals surface area contributed by atoms with Crippen LogP contribution in [0, 0.1) is 5.92 Å². The van der Waals surface area contributed by atoms with Crippen LogP contribution in [0.5, 0.6) is 0 Å². The van der Waals surface area contributed by atoms with Crippen LogP contribution in [0.25, 0.3) is 11.3 Å². The standard InChI is InChI=1S/C21H22N4O5S3/c1-32(27,28)17-3-2-4-18(13-17)33(29,30)25-11-7-16(8-12-25)20(26)24-21-23-19(14-31-21)15-5-9-22-10-6-15/h2-6,9-10,13-14,16H,7-8,11-12H2,1H3,(H,23,24,26). The molecule has 3 aromatic rings. The summed E-state index contributed by atoms with van der Waals surface area (Å²) in [5, 5.41) is 5.17. The fraction of sp³-hybridized carbons (Fsp3) is 0.286. The van der Waals surface area contributed by atoms with Crippen LogP contribution >= 0.6 is 11.3 Å². The fourth-order valence-electron chi connectivity index (χ4n) is 3.57. The van der Waals surface area contributed by atoms with Crippen molar-refractivity contribution in [1.29, 1.82) is 0 Å². The Hall–Kier alpha value is -2.67. The zero-order valence-corrected chi connectivity index (χ0v) is 20.2. The van der Waals surface area contributed by atoms with E-state index < -0.39 is 19.9 Å². The highest BCUT2D eigenvalue weighted by molar-refractivity contribution is 7.91. The largest absolute Gasteiger partial charge is 0.302 e. The predicted octanol–water partition coefficient (Wildman–Crippen LogP) is 2.65. The van der Waals surface area contributed by atoms with Gasteiger partial charge in [0.1, 0.15) is 0 Å². The van der Waals surface area contributed by atoms with E-state index >= 15 is 0 Å². The number of thiazole rings is 1. The van der Waals surface area contributed by atoms with E-state index in [-0.39, 0.29) is 34.7 Å². The van der Waals surface area contributed by atoms with Gasteiger partial charge in [-0.25, -0.2) is 21.8 Å². The molecule has 0 atom stereocenters. The third-order valence-corrected chi connectivity index (χ3v) is 9.17. The van der Waals surface area contributed by atoms with Crippen LogP contribution < -0.4 is 5.32 Å². The quantitative estimate of drug-likeness (QED) is 0.545. The van der Waals surface area contributed by atoms with Crippen molar-refractivity contribution in [3.8, 4) is 11.3 Å². The summed E-state index contributed by atoms with van der Waals surface area (Å²) in [7, 11) is -7.38. The Morgan fingerprint density at radius 1 is 1.06 bits per heavy atom. The Balaban J connectivity index is 1.39. The molecule has 0 aliphatic carbocycles. The Morgan fingerprint density at radius 2 is 1.73 bits per heavy atom. The lowest BCUT2D eigenvalue weighted by Gasteiger charge is -2.30. The number of carbonyl (C=O) groups excluding carboxylic acids is 1. The van der Waals surface area contributed by atoms with Gasteiger partial charge in [-0.3, -0.25) is 9.78 Å². The van der Waals surface area contributed by atoms with Crippen molar-refractivity contribution >= 4 is 42.2 Å². The zero-order valence-electron chi connectivity index (χ0n) is 17.7. The number of pyridine rings is 1. The summed E-state index contributed by atoms with van der Waals surface area (Å²) in [6, 6.07) is 9.00. The Kier molecular flexibility index (Phi) is 6.61. The average molecular weight is 507 g/mol. The van der Waals surface area contributed by atoms with Crippen LogP contribution in [0.4, 0.5) is 5.13 Å². The van der Waals surface area contributed by atoms with Crippen molar-refractivity contribution in [3.63, 3.8) is 0 Å². The molecule has 2 aromatic heterocycles. The number of hydrogen-bond acceptors (Lipinski definition) is 8. The van der Waals surface area contributed by atoms with Crippen LogP contribution in [0.1, 0.15) is 12.8 Å². The van der Waals surface area contributed by atoms with Gasteiger partial charge in [0.05, 0.1) is 15.5 Å². The molecule has 174 valence electrons. The molecule has 0 unspecified atom stereocenters. The first-order valence-corrected chi connectivity index (χ1v) is 14.3. The molecule has 1 saturated heterocycles. The SMILES string of the molecule is CS(=O)(=O)c1cccc(S(=O)(=O)N2CCC(C(=O)Nc3nc(-c4ccncc4)cs3)CC2)c1. The number of nitrogens with zero attached hydrogens (tertiary/aromatic N) is 3. The lowest BCUT2D eigenvalue weighted by Crippen LogP contribution is -2.41. The summed E-state index contributed by atoms with van der Waals surface area (Å²) in [6.45, 7) is 0.341. The molecule has 1 fully saturated rings. The first-order valence-electron chi connectivity index (χ1n) is 10.1. The number of rotatable bonds is 6. The van der Waals surface area contributed by atoms with Crippen molar-refractivity contribution in [2.45, 2.75) is 22.6 Å². The van der Waals surface area contributed by atoms with E-state index in [1.165, 1.54) is 39.9 Å². The first kappa shape index (κ1) is 23.5. The average Bonchev–Trinajstić information content (AvgIpc) is 3.28. The second kappa shape index (κ2) is 9.29. The minimum Gasteiger partial charge on any atom is -0.302 e. The highest BCUT2D eigenvalue weighted by atomic mass is 32.2. The second-order valence-corrected chi connectivity index (χ2v) is 12.5. The smallest absolute Gasteiger partial charge is 0.243 e. The predicted molar refractivity (Wildman–Crippen MR) is 125 cm³/mol. The number of nitrogens with one attached hydrogen (secondary N) is 1. The minimum atomic E-state index is -3.86. The van der Waals surface area contributed by atoms with Crippen LogP contribution in [0.15, 0.2) is 64.0 Å². The summed E-state index contributed by atoms with van der Waals surface area (Å²) < 4.78 is 50.8. The van der Waals surface area contributed by atoms with Crippen molar-refractivity contribution in [2.24, 2.45) is 5.92 Å². The molecule has 1 aliphatic heterocycles. The lowest BCUT2D eigenvalue weighted by molar-refractivity contribution is -0.120. The molecule has 4 rings (SSSR count). The van der Waals surface area contributed by atoms with Crippen LogP contribution in [-0.4, -0.2) is 56.4 Å². The molecular weight excluding hydrogens is 484 g/mol. The van der Waals surface area contributed by atoms with Gasteiger partial charge in [-0.15, -0.1) is 11.3 Å². The van der Waals surface area contributed by atoms with Crippen LogP contribution in [0.3, 0.4) is 0 Å². The maximum Gasteiger partial charge on any atom is 0.243 e. The number of sulfone groups is 1. The van der Waals surface area contributed by atoms with E-state index in [2.05, 4.69) is 15.3 Å². The normalized spacial score (nSPS) is 15.9. The van der Waals surface area contributed by atoms with Gasteiger partial charge in [0, 0.05) is 48.6 Å². The van der Waals surface area contributed by atoms with E-state index in [1.807, 2.05) is 17.5 Å². The second-order valence-electron chi connectivity index (χ2n) is 7.69. The van der Waals surface area contributed by atoms with Gasteiger partial charge in [0.15, 0.2) is 15.0 Å².